The maximum Gasteiger partial charge on any atom is 0.277 e. The van der Waals surface area contributed by atoms with Gasteiger partial charge in [-0.3, -0.25) is 14.9 Å². The molecule has 0 aliphatic carbocycles. The molecule has 0 spiro atoms. The summed E-state index contributed by atoms with van der Waals surface area (Å²) < 4.78 is 21.2. The zero-order chi connectivity index (χ0) is 22.4. The highest BCUT2D eigenvalue weighted by Gasteiger charge is 2.16. The van der Waals surface area contributed by atoms with E-state index in [-0.39, 0.29) is 34.2 Å². The van der Waals surface area contributed by atoms with Crippen LogP contribution in [0, 0.1) is 10.1 Å². The number of methoxy groups -OCH3 is 3. The average molecular weight is 446 g/mol. The quantitative estimate of drug-likeness (QED) is 0.295. The number of non-ortho nitro benzene ring substituents is 1. The molecule has 11 nitrogen and oxygen atoms in total. The minimum atomic E-state index is -0.547. The van der Waals surface area contributed by atoms with Crippen LogP contribution < -0.4 is 19.5 Å². The number of thioether (sulfide) groups is 1. The van der Waals surface area contributed by atoms with E-state index in [0.717, 1.165) is 11.8 Å². The van der Waals surface area contributed by atoms with Crippen LogP contribution in [-0.4, -0.2) is 48.1 Å². The highest BCUT2D eigenvalue weighted by molar-refractivity contribution is 7.99. The molecule has 1 aromatic heterocycles. The number of amides is 1. The van der Waals surface area contributed by atoms with Crippen LogP contribution in [0.5, 0.6) is 17.2 Å². The Morgan fingerprint density at radius 2 is 1.81 bits per heavy atom. The number of nitro groups is 1. The fraction of sp³-hybridized carbons (Fsp3) is 0.211. The van der Waals surface area contributed by atoms with E-state index in [2.05, 4.69) is 15.5 Å². The van der Waals surface area contributed by atoms with Crippen molar-refractivity contribution in [1.82, 2.24) is 10.2 Å². The van der Waals surface area contributed by atoms with Gasteiger partial charge in [-0.25, -0.2) is 0 Å². The maximum atomic E-state index is 12.3. The predicted molar refractivity (Wildman–Crippen MR) is 112 cm³/mol. The van der Waals surface area contributed by atoms with Crippen LogP contribution in [0.4, 0.5) is 11.4 Å². The average Bonchev–Trinajstić information content (AvgIpc) is 3.26. The summed E-state index contributed by atoms with van der Waals surface area (Å²) in [6, 6.07) is 9.07. The fourth-order valence-electron chi connectivity index (χ4n) is 2.53. The van der Waals surface area contributed by atoms with Crippen LogP contribution in [0.2, 0.25) is 0 Å². The van der Waals surface area contributed by atoms with Crippen LogP contribution in [0.15, 0.2) is 46.0 Å². The van der Waals surface area contributed by atoms with Gasteiger partial charge >= 0.3 is 0 Å². The van der Waals surface area contributed by atoms with Gasteiger partial charge in [-0.2, -0.15) is 0 Å². The number of rotatable bonds is 9. The van der Waals surface area contributed by atoms with E-state index in [1.54, 1.807) is 18.2 Å². The summed E-state index contributed by atoms with van der Waals surface area (Å²) in [4.78, 5) is 22.6. The fourth-order valence-corrected chi connectivity index (χ4v) is 3.09. The van der Waals surface area contributed by atoms with Crippen LogP contribution in [0.3, 0.4) is 0 Å². The molecule has 0 unspecified atom stereocenters. The topological polar surface area (TPSA) is 139 Å². The molecule has 0 fully saturated rings. The summed E-state index contributed by atoms with van der Waals surface area (Å²) in [5.41, 5.74) is 0.779. The molecule has 0 aliphatic rings. The van der Waals surface area contributed by atoms with E-state index in [1.165, 1.54) is 39.5 Å². The van der Waals surface area contributed by atoms with Gasteiger partial charge in [0.15, 0.2) is 0 Å². The lowest BCUT2D eigenvalue weighted by Gasteiger charge is -2.09. The number of benzene rings is 2. The maximum absolute atomic E-state index is 12.3. The van der Waals surface area contributed by atoms with Gasteiger partial charge in [0.25, 0.3) is 10.9 Å². The Balaban J connectivity index is 1.65. The lowest BCUT2D eigenvalue weighted by Crippen LogP contribution is -2.14. The molecule has 3 aromatic rings. The van der Waals surface area contributed by atoms with Crippen LogP contribution >= 0.6 is 11.8 Å². The van der Waals surface area contributed by atoms with Crippen molar-refractivity contribution in [2.75, 3.05) is 32.4 Å². The second-order valence-corrected chi connectivity index (χ2v) is 6.88. The highest BCUT2D eigenvalue weighted by Crippen LogP contribution is 2.31. The van der Waals surface area contributed by atoms with Crippen molar-refractivity contribution in [3.05, 3.63) is 46.5 Å². The molecular formula is C19H18N4O7S. The summed E-state index contributed by atoms with van der Waals surface area (Å²) in [5.74, 6) is 1.16. The monoisotopic (exact) mass is 446 g/mol. The van der Waals surface area contributed by atoms with Gasteiger partial charge < -0.3 is 23.9 Å². The van der Waals surface area contributed by atoms with Crippen LogP contribution in [-0.2, 0) is 4.79 Å². The molecule has 0 bridgehead atoms. The molecule has 1 amide bonds. The summed E-state index contributed by atoms with van der Waals surface area (Å²) in [7, 11) is 4.43. The Morgan fingerprint density at radius 3 is 2.42 bits per heavy atom. The normalized spacial score (nSPS) is 10.4. The highest BCUT2D eigenvalue weighted by atomic mass is 32.2. The molecule has 0 saturated carbocycles. The van der Waals surface area contributed by atoms with Crippen molar-refractivity contribution < 1.29 is 28.3 Å². The van der Waals surface area contributed by atoms with E-state index in [1.807, 2.05) is 0 Å². The van der Waals surface area contributed by atoms with Gasteiger partial charge in [-0.05, 0) is 18.2 Å². The number of aromatic nitrogens is 2. The van der Waals surface area contributed by atoms with Gasteiger partial charge in [0.2, 0.25) is 11.8 Å². The molecular weight excluding hydrogens is 428 g/mol. The first-order valence-corrected chi connectivity index (χ1v) is 9.74. The van der Waals surface area contributed by atoms with Gasteiger partial charge in [0.1, 0.15) is 17.2 Å². The third-order valence-corrected chi connectivity index (χ3v) is 4.82. The Hall–Kier alpha value is -3.80. The van der Waals surface area contributed by atoms with Crippen molar-refractivity contribution in [3.8, 4) is 28.7 Å². The van der Waals surface area contributed by atoms with E-state index >= 15 is 0 Å². The van der Waals surface area contributed by atoms with Crippen molar-refractivity contribution >= 4 is 29.0 Å². The Bertz CT molecular complexity index is 1080. The number of carbonyl (C=O) groups excluding carboxylic acids is 1. The smallest absolute Gasteiger partial charge is 0.277 e. The summed E-state index contributed by atoms with van der Waals surface area (Å²) >= 11 is 1.04. The summed E-state index contributed by atoms with van der Waals surface area (Å²) in [6.07, 6.45) is 0. The first-order chi connectivity index (χ1) is 14.9. The number of nitro benzene ring substituents is 1. The third-order valence-electron chi connectivity index (χ3n) is 4.00. The van der Waals surface area contributed by atoms with Gasteiger partial charge in [-0.15, -0.1) is 10.2 Å². The number of hydrogen-bond acceptors (Lipinski definition) is 10. The Morgan fingerprint density at radius 1 is 1.10 bits per heavy atom. The first kappa shape index (κ1) is 21.9. The minimum Gasteiger partial charge on any atom is -0.497 e. The second-order valence-electron chi connectivity index (χ2n) is 5.95. The van der Waals surface area contributed by atoms with Gasteiger partial charge in [0, 0.05) is 17.7 Å². The molecule has 162 valence electrons. The van der Waals surface area contributed by atoms with Crippen LogP contribution in [0.1, 0.15) is 0 Å². The zero-order valence-electron chi connectivity index (χ0n) is 16.8. The van der Waals surface area contributed by atoms with Gasteiger partial charge in [0.05, 0.1) is 43.8 Å². The number of anilines is 1. The molecule has 2 aromatic carbocycles. The van der Waals surface area contributed by atoms with Crippen molar-refractivity contribution in [1.29, 1.82) is 0 Å². The van der Waals surface area contributed by atoms with E-state index in [4.69, 9.17) is 18.6 Å². The van der Waals surface area contributed by atoms with Gasteiger partial charge in [-0.1, -0.05) is 11.8 Å². The predicted octanol–water partition coefficient (Wildman–Crippen LogP) is 3.40. The molecule has 3 rings (SSSR count). The molecule has 1 N–H and O–H groups in total. The molecule has 12 heteroatoms. The minimum absolute atomic E-state index is 0.0246. The lowest BCUT2D eigenvalue weighted by atomic mass is 10.2. The largest absolute Gasteiger partial charge is 0.497 e. The third kappa shape index (κ3) is 5.42. The number of nitrogens with one attached hydrogen (secondary N) is 1. The number of carbonyl (C=O) groups is 1. The molecule has 0 radical (unpaired) electrons. The first-order valence-electron chi connectivity index (χ1n) is 8.75. The lowest BCUT2D eigenvalue weighted by molar-refractivity contribution is -0.384. The van der Waals surface area contributed by atoms with Crippen LogP contribution in [0.25, 0.3) is 11.5 Å². The SMILES string of the molecule is COc1cc(OC)cc(-c2nnc(SCC(=O)Nc3ccc([N+](=O)[O-])cc3OC)o2)c1. The number of hydrogen-bond donors (Lipinski definition) is 1. The van der Waals surface area contributed by atoms with E-state index < -0.39 is 4.92 Å². The Labute approximate surface area is 180 Å². The summed E-state index contributed by atoms with van der Waals surface area (Å²) in [5, 5.41) is 21.6. The van der Waals surface area contributed by atoms with Crippen molar-refractivity contribution in [2.24, 2.45) is 0 Å². The zero-order valence-corrected chi connectivity index (χ0v) is 17.6. The number of nitrogens with zero attached hydrogens (tertiary/aromatic N) is 3. The molecule has 0 saturated heterocycles. The second kappa shape index (κ2) is 9.80. The Kier molecular flexibility index (Phi) is 6.92. The van der Waals surface area contributed by atoms with Crippen molar-refractivity contribution in [3.63, 3.8) is 0 Å². The van der Waals surface area contributed by atoms with E-state index in [0.29, 0.717) is 22.7 Å². The molecule has 31 heavy (non-hydrogen) atoms. The summed E-state index contributed by atoms with van der Waals surface area (Å²) in [6.45, 7) is 0. The molecule has 1 heterocycles. The van der Waals surface area contributed by atoms with E-state index in [9.17, 15) is 14.9 Å². The van der Waals surface area contributed by atoms with Crippen molar-refractivity contribution in [2.45, 2.75) is 5.22 Å². The molecule has 0 atom stereocenters. The molecule has 0 aliphatic heterocycles. The standard InChI is InChI=1S/C19H18N4O7S/c1-27-13-6-11(7-14(9-13)28-2)18-21-22-19(30-18)31-10-17(24)20-15-5-4-12(23(25)26)8-16(15)29-3/h4-9H,10H2,1-3H3,(H,20,24). The number of ether oxygens (including phenoxy) is 3.